The first-order chi connectivity index (χ1) is 13.4. The fraction of sp³-hybridized carbons (Fsp3) is 0.0741. The molecule has 4 aliphatic carbocycles. The Morgan fingerprint density at radius 3 is 2.15 bits per heavy atom. The summed E-state index contributed by atoms with van der Waals surface area (Å²) in [6, 6.07) is 17.8. The highest BCUT2D eigenvalue weighted by Crippen LogP contribution is 2.62. The van der Waals surface area contributed by atoms with E-state index in [2.05, 4.69) is 96.8 Å². The summed E-state index contributed by atoms with van der Waals surface area (Å²) in [4.78, 5) is 0. The molecular weight excluding hydrogens is 324 g/mol. The van der Waals surface area contributed by atoms with Crippen LogP contribution >= 0.6 is 0 Å². The second-order valence-corrected chi connectivity index (χ2v) is 7.37. The number of fused-ring (bicyclic) bond motifs is 8. The van der Waals surface area contributed by atoms with Gasteiger partial charge in [-0.2, -0.15) is 0 Å². The van der Waals surface area contributed by atoms with Crippen molar-refractivity contribution in [2.45, 2.75) is 11.8 Å². The van der Waals surface area contributed by atoms with E-state index in [1.165, 1.54) is 44.5 Å². The number of hydrogen-bond donors (Lipinski definition) is 0. The SMILES string of the molecule is C1=CC=CC2=C(C=1)C1=C(C=CCC=C1)C21c2ccccc2-c2ccccc21. The minimum atomic E-state index is -0.240. The fourth-order valence-corrected chi connectivity index (χ4v) is 5.20. The molecule has 0 unspecified atom stereocenters. The Morgan fingerprint density at radius 2 is 1.37 bits per heavy atom. The molecule has 2 aromatic rings. The van der Waals surface area contributed by atoms with Crippen LogP contribution in [0.4, 0.5) is 0 Å². The third-order valence-corrected chi connectivity index (χ3v) is 6.16. The average Bonchev–Trinajstić information content (AvgIpc) is 2.94. The summed E-state index contributed by atoms with van der Waals surface area (Å²) in [5.41, 5.74) is 14.0. The minimum absolute atomic E-state index is 0.240. The molecule has 1 spiro atoms. The zero-order valence-electron chi connectivity index (χ0n) is 14.9. The molecule has 0 radical (unpaired) electrons. The van der Waals surface area contributed by atoms with Gasteiger partial charge in [-0.1, -0.05) is 85.0 Å². The lowest BCUT2D eigenvalue weighted by atomic mass is 9.68. The molecule has 0 saturated carbocycles. The Bertz CT molecular complexity index is 1170. The minimum Gasteiger partial charge on any atom is -0.120 e. The number of allylic oxidation sites excluding steroid dienone is 11. The molecule has 126 valence electrons. The van der Waals surface area contributed by atoms with Crippen molar-refractivity contribution in [1.82, 2.24) is 0 Å². The van der Waals surface area contributed by atoms with Crippen LogP contribution in [0.5, 0.6) is 0 Å². The summed E-state index contributed by atoms with van der Waals surface area (Å²) in [5, 5.41) is 0. The van der Waals surface area contributed by atoms with Crippen molar-refractivity contribution in [2.24, 2.45) is 0 Å². The van der Waals surface area contributed by atoms with E-state index in [4.69, 9.17) is 0 Å². The van der Waals surface area contributed by atoms with E-state index in [1.807, 2.05) is 6.08 Å². The largest absolute Gasteiger partial charge is 0.120 e. The third-order valence-electron chi connectivity index (χ3n) is 6.16. The van der Waals surface area contributed by atoms with Crippen LogP contribution in [0.2, 0.25) is 0 Å². The van der Waals surface area contributed by atoms with Crippen molar-refractivity contribution in [3.05, 3.63) is 136 Å². The predicted octanol–water partition coefficient (Wildman–Crippen LogP) is 6.36. The standard InChI is InChI=1S/C27H18/c1-3-11-19-20-12-4-2-6-16-24(20)27(23(19)15-5-1)25-17-9-7-13-21(25)22-14-8-10-18-26(22)27/h1,4-18H,2H2. The third kappa shape index (κ3) is 1.74. The second-order valence-electron chi connectivity index (χ2n) is 7.37. The number of benzene rings is 2. The van der Waals surface area contributed by atoms with Gasteiger partial charge in [0.05, 0.1) is 5.41 Å². The number of hydrogen-bond acceptors (Lipinski definition) is 0. The van der Waals surface area contributed by atoms with E-state index in [1.54, 1.807) is 0 Å². The summed E-state index contributed by atoms with van der Waals surface area (Å²) in [7, 11) is 0. The first-order valence-electron chi connectivity index (χ1n) is 9.54. The molecular formula is C27H18. The molecule has 6 rings (SSSR count). The van der Waals surface area contributed by atoms with Gasteiger partial charge in [0.2, 0.25) is 0 Å². The highest BCUT2D eigenvalue weighted by Gasteiger charge is 2.52. The Labute approximate surface area is 159 Å². The Balaban J connectivity index is 1.83. The lowest BCUT2D eigenvalue weighted by Gasteiger charge is -2.32. The second kappa shape index (κ2) is 5.33. The molecule has 2 aromatic carbocycles. The molecule has 0 heterocycles. The van der Waals surface area contributed by atoms with E-state index in [9.17, 15) is 0 Å². The lowest BCUT2D eigenvalue weighted by molar-refractivity contribution is 0.779. The van der Waals surface area contributed by atoms with Crippen molar-refractivity contribution in [3.8, 4) is 11.1 Å². The van der Waals surface area contributed by atoms with Crippen LogP contribution in [0.3, 0.4) is 0 Å². The molecule has 27 heavy (non-hydrogen) atoms. The van der Waals surface area contributed by atoms with Crippen LogP contribution in [0.1, 0.15) is 17.5 Å². The van der Waals surface area contributed by atoms with E-state index in [0.717, 1.165) is 6.42 Å². The number of rotatable bonds is 0. The van der Waals surface area contributed by atoms with Crippen molar-refractivity contribution in [3.63, 3.8) is 0 Å². The van der Waals surface area contributed by atoms with Gasteiger partial charge in [-0.05, 0) is 63.1 Å². The van der Waals surface area contributed by atoms with Gasteiger partial charge < -0.3 is 0 Å². The fourth-order valence-electron chi connectivity index (χ4n) is 5.20. The first kappa shape index (κ1) is 14.8. The van der Waals surface area contributed by atoms with E-state index in [-0.39, 0.29) is 5.41 Å². The Kier molecular flexibility index (Phi) is 2.92. The first-order valence-corrected chi connectivity index (χ1v) is 9.54. The van der Waals surface area contributed by atoms with E-state index >= 15 is 0 Å². The van der Waals surface area contributed by atoms with E-state index < -0.39 is 0 Å². The maximum Gasteiger partial charge on any atom is 0.0725 e. The molecule has 0 aromatic heterocycles. The monoisotopic (exact) mass is 342 g/mol. The van der Waals surface area contributed by atoms with Crippen molar-refractivity contribution in [1.29, 1.82) is 0 Å². The van der Waals surface area contributed by atoms with Gasteiger partial charge in [0.15, 0.2) is 0 Å². The van der Waals surface area contributed by atoms with Crippen LogP contribution in [0, 0.1) is 0 Å². The van der Waals surface area contributed by atoms with Crippen molar-refractivity contribution in [2.75, 3.05) is 0 Å². The van der Waals surface area contributed by atoms with Crippen molar-refractivity contribution < 1.29 is 0 Å². The van der Waals surface area contributed by atoms with Gasteiger partial charge >= 0.3 is 0 Å². The van der Waals surface area contributed by atoms with Crippen LogP contribution in [0.25, 0.3) is 11.1 Å². The van der Waals surface area contributed by atoms with Crippen LogP contribution < -0.4 is 0 Å². The summed E-state index contributed by atoms with van der Waals surface area (Å²) >= 11 is 0. The Hall–Kier alpha value is -3.34. The van der Waals surface area contributed by atoms with Crippen LogP contribution in [0.15, 0.2) is 125 Å². The van der Waals surface area contributed by atoms with Crippen LogP contribution in [-0.2, 0) is 5.41 Å². The van der Waals surface area contributed by atoms with Gasteiger partial charge in [0.1, 0.15) is 0 Å². The molecule has 0 aliphatic heterocycles. The zero-order valence-corrected chi connectivity index (χ0v) is 14.9. The van der Waals surface area contributed by atoms with Gasteiger partial charge in [0, 0.05) is 0 Å². The predicted molar refractivity (Wildman–Crippen MR) is 111 cm³/mol. The molecule has 0 atom stereocenters. The zero-order chi connectivity index (χ0) is 17.8. The summed E-state index contributed by atoms with van der Waals surface area (Å²) in [5.74, 6) is 0. The van der Waals surface area contributed by atoms with Gasteiger partial charge in [0.25, 0.3) is 0 Å². The topological polar surface area (TPSA) is 0 Å². The molecule has 0 fully saturated rings. The lowest BCUT2D eigenvalue weighted by Crippen LogP contribution is -2.27. The van der Waals surface area contributed by atoms with Gasteiger partial charge in [-0.25, -0.2) is 0 Å². The maximum atomic E-state index is 3.34. The van der Waals surface area contributed by atoms with Crippen LogP contribution in [-0.4, -0.2) is 0 Å². The molecule has 0 heteroatoms. The van der Waals surface area contributed by atoms with E-state index in [0.29, 0.717) is 0 Å². The average molecular weight is 342 g/mol. The van der Waals surface area contributed by atoms with Gasteiger partial charge in [-0.15, -0.1) is 5.73 Å². The molecule has 0 N–H and O–H groups in total. The quantitative estimate of drug-likeness (QED) is 0.489. The highest BCUT2D eigenvalue weighted by atomic mass is 14.5. The molecule has 0 nitrogen and oxygen atoms in total. The summed E-state index contributed by atoms with van der Waals surface area (Å²) in [6.07, 6.45) is 18.8. The molecule has 0 saturated heterocycles. The molecule has 4 aliphatic rings. The smallest absolute Gasteiger partial charge is 0.0725 e. The van der Waals surface area contributed by atoms with Gasteiger partial charge in [-0.3, -0.25) is 0 Å². The molecule has 0 bridgehead atoms. The highest BCUT2D eigenvalue weighted by molar-refractivity contribution is 5.91. The maximum absolute atomic E-state index is 3.34. The normalized spacial score (nSPS) is 19.9. The summed E-state index contributed by atoms with van der Waals surface area (Å²) < 4.78 is 0. The summed E-state index contributed by atoms with van der Waals surface area (Å²) in [6.45, 7) is 0. The molecule has 0 amide bonds. The van der Waals surface area contributed by atoms with Crippen molar-refractivity contribution >= 4 is 0 Å². The Morgan fingerprint density at radius 1 is 0.704 bits per heavy atom.